The third-order valence-corrected chi connectivity index (χ3v) is 11.1. The van der Waals surface area contributed by atoms with Gasteiger partial charge in [-0.25, -0.2) is 4.98 Å². The summed E-state index contributed by atoms with van der Waals surface area (Å²) >= 11 is 0. The summed E-state index contributed by atoms with van der Waals surface area (Å²) in [5.74, 6) is -0.980. The smallest absolute Gasteiger partial charge is 0.297 e. The molecular weight excluding hydrogens is 695 g/mol. The van der Waals surface area contributed by atoms with Crippen LogP contribution in [0.15, 0.2) is 146 Å². The van der Waals surface area contributed by atoms with Crippen LogP contribution in [0.1, 0.15) is 34.6 Å². The van der Waals surface area contributed by atoms with Gasteiger partial charge in [-0.05, 0) is 46.5 Å². The second-order valence-electron chi connectivity index (χ2n) is 14.1. The molecule has 3 aliphatic rings. The first kappa shape index (κ1) is 32.7. The lowest BCUT2D eigenvalue weighted by atomic mass is 9.96. The van der Waals surface area contributed by atoms with E-state index in [0.717, 1.165) is 38.9 Å². The van der Waals surface area contributed by atoms with Crippen LogP contribution in [0.2, 0.25) is 0 Å². The maximum atomic E-state index is 13.0. The molecule has 264 valence electrons. The van der Waals surface area contributed by atoms with Crippen LogP contribution in [0.3, 0.4) is 0 Å². The van der Waals surface area contributed by atoms with Gasteiger partial charge in [-0.1, -0.05) is 121 Å². The van der Waals surface area contributed by atoms with Gasteiger partial charge in [0.15, 0.2) is 11.1 Å². The molecule has 0 saturated heterocycles. The maximum absolute atomic E-state index is 13.0. The number of nitrogens with zero attached hydrogens (tertiary/aromatic N) is 5. The summed E-state index contributed by atoms with van der Waals surface area (Å²) in [5, 5.41) is 34.5. The molecule has 1 saturated carbocycles. The zero-order valence-electron chi connectivity index (χ0n) is 29.6. The second-order valence-corrected chi connectivity index (χ2v) is 14.1. The highest BCUT2D eigenvalue weighted by atomic mass is 16.6. The fourth-order valence-corrected chi connectivity index (χ4v) is 8.53. The summed E-state index contributed by atoms with van der Waals surface area (Å²) < 4.78 is 0. The highest BCUT2D eigenvalue weighted by Crippen LogP contribution is 2.73. The number of nitro groups is 1. The number of hydrogen-bond donors (Lipinski definition) is 2. The number of H-pyrrole nitrogens is 2. The van der Waals surface area contributed by atoms with Crippen molar-refractivity contribution < 1.29 is 4.92 Å². The van der Waals surface area contributed by atoms with Crippen molar-refractivity contribution in [1.82, 2.24) is 19.9 Å². The molecule has 0 spiro atoms. The Morgan fingerprint density at radius 2 is 0.911 bits per heavy atom. The zero-order valence-corrected chi connectivity index (χ0v) is 29.6. The Kier molecular flexibility index (Phi) is 7.38. The molecule has 3 aromatic heterocycles. The first-order valence-corrected chi connectivity index (χ1v) is 18.2. The van der Waals surface area contributed by atoms with Crippen molar-refractivity contribution in [3.05, 3.63) is 178 Å². The lowest BCUT2D eigenvalue weighted by molar-refractivity contribution is -0.374. The van der Waals surface area contributed by atoms with Crippen LogP contribution in [-0.2, 0) is 0 Å². The van der Waals surface area contributed by atoms with Gasteiger partial charge in [0, 0.05) is 62.2 Å². The molecule has 2 atom stereocenters. The molecule has 10 rings (SSSR count). The molecule has 0 radical (unpaired) electrons. The Hall–Kier alpha value is -7.88. The lowest BCUT2D eigenvalue weighted by Gasteiger charge is -2.11. The summed E-state index contributed by atoms with van der Waals surface area (Å²) in [5.41, 5.74) is 9.23. The number of nitriles is 2. The number of aromatic nitrogens is 4. The number of hydrogen-bond acceptors (Lipinski definition) is 6. The summed E-state index contributed by atoms with van der Waals surface area (Å²) in [6.45, 7) is 0. The van der Waals surface area contributed by atoms with Gasteiger partial charge in [-0.15, -0.1) is 0 Å². The van der Waals surface area contributed by atoms with Crippen molar-refractivity contribution in [3.8, 4) is 56.6 Å². The molecule has 4 aromatic carbocycles. The summed E-state index contributed by atoms with van der Waals surface area (Å²) in [4.78, 5) is 30.4. The molecule has 1 fully saturated rings. The van der Waals surface area contributed by atoms with E-state index in [4.69, 9.17) is 9.97 Å². The zero-order chi connectivity index (χ0) is 38.0. The van der Waals surface area contributed by atoms with Crippen molar-refractivity contribution in [2.24, 2.45) is 5.41 Å². The van der Waals surface area contributed by atoms with Crippen molar-refractivity contribution in [1.29, 1.82) is 10.5 Å². The van der Waals surface area contributed by atoms with Gasteiger partial charge in [0.25, 0.3) is 5.70 Å². The van der Waals surface area contributed by atoms with E-state index in [1.54, 1.807) is 6.08 Å². The first-order chi connectivity index (χ1) is 27.5. The third kappa shape index (κ3) is 4.92. The van der Waals surface area contributed by atoms with E-state index in [2.05, 4.69) is 22.1 Å². The predicted octanol–water partition coefficient (Wildman–Crippen LogP) is 10.7. The Labute approximate surface area is 320 Å². The van der Waals surface area contributed by atoms with Gasteiger partial charge >= 0.3 is 0 Å². The minimum Gasteiger partial charge on any atom is -0.354 e. The van der Waals surface area contributed by atoms with Crippen LogP contribution in [0.4, 0.5) is 0 Å². The van der Waals surface area contributed by atoms with Crippen LogP contribution >= 0.6 is 0 Å². The molecular formula is C47H29N7O2. The minimum atomic E-state index is -1.33. The van der Waals surface area contributed by atoms with E-state index in [0.29, 0.717) is 44.8 Å². The molecule has 5 heterocycles. The van der Waals surface area contributed by atoms with Crippen LogP contribution in [0.5, 0.6) is 0 Å². The summed E-state index contributed by atoms with van der Waals surface area (Å²) in [7, 11) is 0. The molecule has 2 unspecified atom stereocenters. The Balaban J connectivity index is 1.47. The normalized spacial score (nSPS) is 16.2. The van der Waals surface area contributed by atoms with Gasteiger partial charge in [-0.3, -0.25) is 15.1 Å². The lowest BCUT2D eigenvalue weighted by Crippen LogP contribution is -2.05. The van der Waals surface area contributed by atoms with Gasteiger partial charge < -0.3 is 9.97 Å². The van der Waals surface area contributed by atoms with Crippen molar-refractivity contribution in [2.45, 2.75) is 11.8 Å². The van der Waals surface area contributed by atoms with Crippen LogP contribution in [0, 0.1) is 38.2 Å². The molecule has 8 bridgehead atoms. The highest BCUT2D eigenvalue weighted by Gasteiger charge is 2.72. The van der Waals surface area contributed by atoms with Crippen LogP contribution in [0.25, 0.3) is 78.3 Å². The fourth-order valence-electron chi connectivity index (χ4n) is 8.53. The van der Waals surface area contributed by atoms with Crippen molar-refractivity contribution >= 4 is 33.8 Å². The maximum Gasteiger partial charge on any atom is 0.297 e. The number of benzene rings is 4. The van der Waals surface area contributed by atoms with E-state index < -0.39 is 17.3 Å². The van der Waals surface area contributed by atoms with Crippen molar-refractivity contribution in [3.63, 3.8) is 0 Å². The van der Waals surface area contributed by atoms with E-state index in [1.807, 2.05) is 146 Å². The Bertz CT molecular complexity index is 3010. The predicted molar refractivity (Wildman–Crippen MR) is 217 cm³/mol. The van der Waals surface area contributed by atoms with Crippen LogP contribution in [-0.4, -0.2) is 24.9 Å². The highest BCUT2D eigenvalue weighted by molar-refractivity contribution is 5.99. The van der Waals surface area contributed by atoms with E-state index >= 15 is 0 Å². The SMILES string of the molecule is N#CC1(C#N)C2c3nc(c(-c4ccccc4)c4ccc([nH]4)c(-c4ccccc4)c4nc(c(-c5ccccc5)c5ccc([nH]5)c3-c3ccccc3)C=C4[N+](=O)[O-])C21. The number of aromatic amines is 2. The fraction of sp³-hybridized carbons (Fsp3) is 0.0638. The first-order valence-electron chi connectivity index (χ1n) is 18.2. The summed E-state index contributed by atoms with van der Waals surface area (Å²) in [6.07, 6.45) is 1.55. The van der Waals surface area contributed by atoms with Crippen LogP contribution < -0.4 is 0 Å². The average Bonchev–Trinajstić information content (AvgIpc) is 3.85. The Morgan fingerprint density at radius 1 is 0.536 bits per heavy atom. The number of nitrogens with one attached hydrogen (secondary N) is 2. The molecule has 2 aliphatic heterocycles. The van der Waals surface area contributed by atoms with Gasteiger partial charge in [0.2, 0.25) is 0 Å². The molecule has 9 heteroatoms. The minimum absolute atomic E-state index is 0.129. The number of rotatable bonds is 5. The third-order valence-electron chi connectivity index (χ3n) is 11.1. The van der Waals surface area contributed by atoms with E-state index in [1.165, 1.54) is 0 Å². The Morgan fingerprint density at radius 3 is 1.32 bits per heavy atom. The molecule has 2 N–H and O–H groups in total. The standard InChI is InChI=1S/C47H29N7O2/c48-26-47(27-49)42-43(47)46-41(31-19-11-4-12-20-31)35-24-23-33(51-35)39(29-15-7-2-8-16-29)44-37(54(55)56)25-36(52-44)38(28-13-5-1-6-14-28)32-21-22-34(50-32)40(45(42)53-46)30-17-9-3-10-18-30/h1-25,42-43,50-51H. The van der Waals surface area contributed by atoms with Gasteiger partial charge in [0.1, 0.15) is 0 Å². The van der Waals surface area contributed by atoms with Gasteiger partial charge in [0.05, 0.1) is 34.1 Å². The number of fused-ring (bicyclic) bond motifs is 11. The summed E-state index contributed by atoms with van der Waals surface area (Å²) in [6, 6.07) is 51.5. The monoisotopic (exact) mass is 723 g/mol. The molecule has 9 nitrogen and oxygen atoms in total. The van der Waals surface area contributed by atoms with E-state index in [-0.39, 0.29) is 16.3 Å². The largest absolute Gasteiger partial charge is 0.354 e. The molecule has 0 amide bonds. The quantitative estimate of drug-likeness (QED) is 0.133. The molecule has 7 aromatic rings. The average molecular weight is 724 g/mol. The topological polar surface area (TPSA) is 148 Å². The van der Waals surface area contributed by atoms with Gasteiger partial charge in [-0.2, -0.15) is 10.5 Å². The van der Waals surface area contributed by atoms with E-state index in [9.17, 15) is 20.6 Å². The van der Waals surface area contributed by atoms with Crippen molar-refractivity contribution in [2.75, 3.05) is 0 Å². The second kappa shape index (κ2) is 12.6. The molecule has 56 heavy (non-hydrogen) atoms. The molecule has 1 aliphatic carbocycles.